The average Bonchev–Trinajstić information content (AvgIpc) is 2.60. The Bertz CT molecular complexity index is 320. The molecule has 1 aromatic heterocycles. The molecule has 3 unspecified atom stereocenters. The van der Waals surface area contributed by atoms with Crippen LogP contribution in [-0.2, 0) is 0 Å². The number of anilines is 1. The zero-order valence-electron chi connectivity index (χ0n) is 8.61. The summed E-state index contributed by atoms with van der Waals surface area (Å²) in [4.78, 5) is 9.83. The standard InChI is InChI=1S/C10H15N3O2/c1-13(9-4-5-11-6-12-9)7-2-3-8(14)10(7)15/h4-8,10,14-15H,2-3H2,1H3. The van der Waals surface area contributed by atoms with E-state index in [1.165, 1.54) is 6.33 Å². The summed E-state index contributed by atoms with van der Waals surface area (Å²) in [7, 11) is 1.87. The molecule has 1 saturated carbocycles. The number of aromatic nitrogens is 2. The van der Waals surface area contributed by atoms with Crippen molar-refractivity contribution in [2.24, 2.45) is 0 Å². The largest absolute Gasteiger partial charge is 0.390 e. The number of aliphatic hydroxyl groups excluding tert-OH is 2. The van der Waals surface area contributed by atoms with E-state index in [0.29, 0.717) is 6.42 Å². The normalized spacial score (nSPS) is 30.5. The Hall–Kier alpha value is -1.20. The highest BCUT2D eigenvalue weighted by molar-refractivity contribution is 5.37. The van der Waals surface area contributed by atoms with Crippen LogP contribution in [0.15, 0.2) is 18.6 Å². The van der Waals surface area contributed by atoms with Gasteiger partial charge in [0.25, 0.3) is 0 Å². The van der Waals surface area contributed by atoms with Crippen LogP contribution < -0.4 is 4.90 Å². The van der Waals surface area contributed by atoms with Gasteiger partial charge in [0.2, 0.25) is 0 Å². The third kappa shape index (κ3) is 1.93. The number of rotatable bonds is 2. The fourth-order valence-electron chi connectivity index (χ4n) is 2.02. The highest BCUT2D eigenvalue weighted by Gasteiger charge is 2.36. The molecule has 2 N–H and O–H groups in total. The van der Waals surface area contributed by atoms with Crippen LogP contribution in [0.4, 0.5) is 5.82 Å². The maximum absolute atomic E-state index is 9.75. The van der Waals surface area contributed by atoms with Crippen LogP contribution in [-0.4, -0.2) is 45.5 Å². The van der Waals surface area contributed by atoms with Crippen molar-refractivity contribution in [3.63, 3.8) is 0 Å². The molecule has 5 heteroatoms. The first kappa shape index (κ1) is 10.3. The van der Waals surface area contributed by atoms with Gasteiger partial charge in [-0.3, -0.25) is 0 Å². The van der Waals surface area contributed by atoms with Gasteiger partial charge in [-0.2, -0.15) is 0 Å². The van der Waals surface area contributed by atoms with Crippen LogP contribution in [0, 0.1) is 0 Å². The predicted octanol–water partition coefficient (Wildman–Crippen LogP) is -0.203. The molecule has 82 valence electrons. The Morgan fingerprint density at radius 1 is 1.40 bits per heavy atom. The van der Waals surface area contributed by atoms with Crippen molar-refractivity contribution in [3.05, 3.63) is 18.6 Å². The van der Waals surface area contributed by atoms with E-state index in [9.17, 15) is 10.2 Å². The zero-order chi connectivity index (χ0) is 10.8. The Kier molecular flexibility index (Phi) is 2.83. The first-order valence-corrected chi connectivity index (χ1v) is 5.05. The van der Waals surface area contributed by atoms with Crippen LogP contribution >= 0.6 is 0 Å². The van der Waals surface area contributed by atoms with Crippen LogP contribution in [0.25, 0.3) is 0 Å². The molecule has 0 saturated heterocycles. The van der Waals surface area contributed by atoms with Gasteiger partial charge in [-0.05, 0) is 18.9 Å². The molecule has 0 spiro atoms. The molecule has 15 heavy (non-hydrogen) atoms. The number of nitrogens with zero attached hydrogens (tertiary/aromatic N) is 3. The minimum Gasteiger partial charge on any atom is -0.390 e. The van der Waals surface area contributed by atoms with Gasteiger partial charge >= 0.3 is 0 Å². The molecular weight excluding hydrogens is 194 g/mol. The van der Waals surface area contributed by atoms with Crippen LogP contribution in [0.3, 0.4) is 0 Å². The van der Waals surface area contributed by atoms with Crippen molar-refractivity contribution in [2.75, 3.05) is 11.9 Å². The lowest BCUT2D eigenvalue weighted by molar-refractivity contribution is 0.0355. The van der Waals surface area contributed by atoms with Crippen molar-refractivity contribution in [3.8, 4) is 0 Å². The van der Waals surface area contributed by atoms with Gasteiger partial charge in [-0.25, -0.2) is 9.97 Å². The molecular formula is C10H15N3O2. The number of likely N-dealkylation sites (N-methyl/N-ethyl adjacent to an activating group) is 1. The molecule has 1 aliphatic carbocycles. The Morgan fingerprint density at radius 2 is 2.20 bits per heavy atom. The molecule has 1 fully saturated rings. The molecule has 1 heterocycles. The summed E-state index contributed by atoms with van der Waals surface area (Å²) in [5.74, 6) is 0.767. The number of hydrogen-bond acceptors (Lipinski definition) is 5. The van der Waals surface area contributed by atoms with Crippen molar-refractivity contribution >= 4 is 5.82 Å². The molecule has 0 aliphatic heterocycles. The van der Waals surface area contributed by atoms with Crippen LogP contribution in [0.2, 0.25) is 0 Å². The molecule has 2 rings (SSSR count). The van der Waals surface area contributed by atoms with Crippen LogP contribution in [0.5, 0.6) is 0 Å². The monoisotopic (exact) mass is 209 g/mol. The van der Waals surface area contributed by atoms with Crippen molar-refractivity contribution < 1.29 is 10.2 Å². The van der Waals surface area contributed by atoms with Crippen molar-refractivity contribution in [1.82, 2.24) is 9.97 Å². The SMILES string of the molecule is CN(c1ccncn1)C1CCC(O)C1O. The number of aliphatic hydroxyl groups is 2. The molecule has 0 radical (unpaired) electrons. The van der Waals surface area contributed by atoms with E-state index in [1.54, 1.807) is 12.3 Å². The van der Waals surface area contributed by atoms with E-state index in [1.807, 2.05) is 11.9 Å². The summed E-state index contributed by atoms with van der Waals surface area (Å²) < 4.78 is 0. The maximum Gasteiger partial charge on any atom is 0.131 e. The Morgan fingerprint density at radius 3 is 2.73 bits per heavy atom. The lowest BCUT2D eigenvalue weighted by atomic mass is 10.2. The van der Waals surface area contributed by atoms with Gasteiger partial charge < -0.3 is 15.1 Å². The van der Waals surface area contributed by atoms with Crippen molar-refractivity contribution in [2.45, 2.75) is 31.1 Å². The van der Waals surface area contributed by atoms with E-state index >= 15 is 0 Å². The van der Waals surface area contributed by atoms with E-state index in [-0.39, 0.29) is 6.04 Å². The Labute approximate surface area is 88.4 Å². The third-order valence-corrected chi connectivity index (χ3v) is 2.97. The zero-order valence-corrected chi connectivity index (χ0v) is 8.61. The van der Waals surface area contributed by atoms with Crippen LogP contribution in [0.1, 0.15) is 12.8 Å². The van der Waals surface area contributed by atoms with Gasteiger partial charge in [0.1, 0.15) is 18.2 Å². The van der Waals surface area contributed by atoms with E-state index in [4.69, 9.17) is 0 Å². The summed E-state index contributed by atoms with van der Waals surface area (Å²) >= 11 is 0. The molecule has 0 aromatic carbocycles. The van der Waals surface area contributed by atoms with E-state index in [0.717, 1.165) is 12.2 Å². The van der Waals surface area contributed by atoms with Gasteiger partial charge in [0.05, 0.1) is 12.1 Å². The second kappa shape index (κ2) is 4.12. The van der Waals surface area contributed by atoms with Crippen molar-refractivity contribution in [1.29, 1.82) is 0 Å². The summed E-state index contributed by atoms with van der Waals surface area (Å²) in [6.07, 6.45) is 3.26. The fourth-order valence-corrected chi connectivity index (χ4v) is 2.02. The highest BCUT2D eigenvalue weighted by atomic mass is 16.3. The summed E-state index contributed by atoms with van der Waals surface area (Å²) in [6, 6.07) is 1.73. The minimum atomic E-state index is -0.690. The smallest absolute Gasteiger partial charge is 0.131 e. The maximum atomic E-state index is 9.75. The second-order valence-corrected chi connectivity index (χ2v) is 3.88. The predicted molar refractivity (Wildman–Crippen MR) is 55.5 cm³/mol. The van der Waals surface area contributed by atoms with Gasteiger partial charge in [0, 0.05) is 13.2 Å². The van der Waals surface area contributed by atoms with E-state index in [2.05, 4.69) is 9.97 Å². The summed E-state index contributed by atoms with van der Waals surface area (Å²) in [6.45, 7) is 0. The number of hydrogen-bond donors (Lipinski definition) is 2. The van der Waals surface area contributed by atoms with Gasteiger partial charge in [0.15, 0.2) is 0 Å². The first-order chi connectivity index (χ1) is 7.20. The highest BCUT2D eigenvalue weighted by Crippen LogP contribution is 2.26. The van der Waals surface area contributed by atoms with Gasteiger partial charge in [-0.1, -0.05) is 0 Å². The first-order valence-electron chi connectivity index (χ1n) is 5.05. The lowest BCUT2D eigenvalue weighted by Crippen LogP contribution is -2.41. The molecule has 0 bridgehead atoms. The summed E-state index contributed by atoms with van der Waals surface area (Å²) in [5, 5.41) is 19.2. The van der Waals surface area contributed by atoms with E-state index < -0.39 is 12.2 Å². The Balaban J connectivity index is 2.12. The second-order valence-electron chi connectivity index (χ2n) is 3.88. The average molecular weight is 209 g/mol. The third-order valence-electron chi connectivity index (χ3n) is 2.97. The minimum absolute atomic E-state index is 0.0603. The lowest BCUT2D eigenvalue weighted by Gasteiger charge is -2.28. The molecule has 1 aliphatic rings. The fraction of sp³-hybridized carbons (Fsp3) is 0.600. The molecule has 1 aromatic rings. The topological polar surface area (TPSA) is 69.5 Å². The van der Waals surface area contributed by atoms with Gasteiger partial charge in [-0.15, -0.1) is 0 Å². The molecule has 3 atom stereocenters. The quantitative estimate of drug-likeness (QED) is 0.705. The summed E-state index contributed by atoms with van der Waals surface area (Å²) in [5.41, 5.74) is 0. The molecule has 0 amide bonds. The molecule has 5 nitrogen and oxygen atoms in total.